The molecule has 1 atom stereocenters. The Morgan fingerprint density at radius 1 is 1.17 bits per heavy atom. The number of ether oxygens (including phenoxy) is 1. The maximum atomic E-state index is 13.5. The summed E-state index contributed by atoms with van der Waals surface area (Å²) >= 11 is 0. The molecule has 0 aliphatic carbocycles. The standard InChI is InChI=1S/C22H27N3O4S/c1-17(2)13-21(26)24-12-10-22(15-24)16-25(14-18-7-5-6-11-23-18)30(27,28)20-9-4-3-8-19(20)29-22/h3-9,11,17H,10,12-16H2,1-2H3. The largest absolute Gasteiger partial charge is 0.483 e. The van der Waals surface area contributed by atoms with Crippen LogP contribution in [0.4, 0.5) is 0 Å². The smallest absolute Gasteiger partial charge is 0.247 e. The Morgan fingerprint density at radius 3 is 2.67 bits per heavy atom. The van der Waals surface area contributed by atoms with Crippen molar-refractivity contribution in [2.75, 3.05) is 19.6 Å². The van der Waals surface area contributed by atoms with Crippen molar-refractivity contribution in [3.8, 4) is 5.75 Å². The van der Waals surface area contributed by atoms with Crippen LogP contribution in [-0.4, -0.2) is 53.7 Å². The molecule has 0 radical (unpaired) electrons. The summed E-state index contributed by atoms with van der Waals surface area (Å²) < 4.78 is 34.7. The lowest BCUT2D eigenvalue weighted by atomic mass is 10.0. The van der Waals surface area contributed by atoms with Gasteiger partial charge >= 0.3 is 0 Å². The number of carbonyl (C=O) groups excluding carboxylic acids is 1. The van der Waals surface area contributed by atoms with Crippen LogP contribution in [-0.2, 0) is 21.4 Å². The van der Waals surface area contributed by atoms with Crippen LogP contribution >= 0.6 is 0 Å². The Morgan fingerprint density at radius 2 is 1.93 bits per heavy atom. The molecule has 2 aliphatic heterocycles. The number of aromatic nitrogens is 1. The quantitative estimate of drug-likeness (QED) is 0.747. The zero-order chi connectivity index (χ0) is 21.4. The Hall–Kier alpha value is -2.45. The van der Waals surface area contributed by atoms with E-state index < -0.39 is 15.6 Å². The van der Waals surface area contributed by atoms with E-state index in [4.69, 9.17) is 4.74 Å². The molecule has 8 heteroatoms. The summed E-state index contributed by atoms with van der Waals surface area (Å²) in [5.74, 6) is 0.701. The topological polar surface area (TPSA) is 79.8 Å². The van der Waals surface area contributed by atoms with Crippen LogP contribution in [0.15, 0.2) is 53.6 Å². The molecule has 1 fully saturated rings. The second-order valence-corrected chi connectivity index (χ2v) is 10.4. The van der Waals surface area contributed by atoms with E-state index in [-0.39, 0.29) is 29.8 Å². The number of hydrogen-bond acceptors (Lipinski definition) is 5. The van der Waals surface area contributed by atoms with Gasteiger partial charge in [-0.25, -0.2) is 8.42 Å². The van der Waals surface area contributed by atoms with Crippen LogP contribution in [0.2, 0.25) is 0 Å². The van der Waals surface area contributed by atoms with Gasteiger partial charge in [0.2, 0.25) is 15.9 Å². The van der Waals surface area contributed by atoms with Crippen LogP contribution in [0.25, 0.3) is 0 Å². The fourth-order valence-electron chi connectivity index (χ4n) is 4.12. The molecule has 160 valence electrons. The van der Waals surface area contributed by atoms with Crippen molar-refractivity contribution < 1.29 is 17.9 Å². The summed E-state index contributed by atoms with van der Waals surface area (Å²) in [4.78, 5) is 18.9. The first-order valence-electron chi connectivity index (χ1n) is 10.2. The first-order chi connectivity index (χ1) is 14.3. The third-order valence-corrected chi connectivity index (χ3v) is 7.41. The molecule has 3 heterocycles. The van der Waals surface area contributed by atoms with Crippen LogP contribution in [0.3, 0.4) is 0 Å². The first-order valence-corrected chi connectivity index (χ1v) is 11.7. The van der Waals surface area contributed by atoms with Gasteiger partial charge in [-0.1, -0.05) is 32.0 Å². The number of sulfonamides is 1. The van der Waals surface area contributed by atoms with Crippen LogP contribution in [0, 0.1) is 5.92 Å². The molecular weight excluding hydrogens is 402 g/mol. The first kappa shape index (κ1) is 20.8. The highest BCUT2D eigenvalue weighted by Crippen LogP contribution is 2.39. The van der Waals surface area contributed by atoms with E-state index in [9.17, 15) is 13.2 Å². The highest BCUT2D eigenvalue weighted by atomic mass is 32.2. The minimum absolute atomic E-state index is 0.0853. The molecule has 0 N–H and O–H groups in total. The van der Waals surface area contributed by atoms with Gasteiger partial charge in [0.1, 0.15) is 16.2 Å². The van der Waals surface area contributed by atoms with E-state index in [1.807, 2.05) is 26.0 Å². The molecule has 1 amide bonds. The van der Waals surface area contributed by atoms with E-state index in [2.05, 4.69) is 4.98 Å². The maximum absolute atomic E-state index is 13.5. The molecule has 1 saturated heterocycles. The number of likely N-dealkylation sites (tertiary alicyclic amines) is 1. The fourth-order valence-corrected chi connectivity index (χ4v) is 5.72. The molecule has 7 nitrogen and oxygen atoms in total. The molecule has 1 aromatic heterocycles. The lowest BCUT2D eigenvalue weighted by Gasteiger charge is -2.32. The van der Waals surface area contributed by atoms with Gasteiger partial charge in [-0.15, -0.1) is 0 Å². The predicted octanol–water partition coefficient (Wildman–Crippen LogP) is 2.68. The average molecular weight is 430 g/mol. The number of para-hydroxylation sites is 1. The molecule has 0 bridgehead atoms. The Kier molecular flexibility index (Phi) is 5.55. The van der Waals surface area contributed by atoms with Crippen molar-refractivity contribution in [3.05, 3.63) is 54.4 Å². The summed E-state index contributed by atoms with van der Waals surface area (Å²) in [5, 5.41) is 0. The lowest BCUT2D eigenvalue weighted by Crippen LogP contribution is -2.49. The molecule has 1 spiro atoms. The van der Waals surface area contributed by atoms with Gasteiger partial charge in [-0.05, 0) is 30.2 Å². The molecule has 0 saturated carbocycles. The minimum Gasteiger partial charge on any atom is -0.483 e. The molecular formula is C22H27N3O4S. The SMILES string of the molecule is CC(C)CC(=O)N1CCC2(C1)CN(Cc1ccccn1)S(=O)(=O)c1ccccc1O2. The maximum Gasteiger partial charge on any atom is 0.247 e. The van der Waals surface area contributed by atoms with E-state index in [0.717, 1.165) is 0 Å². The zero-order valence-electron chi connectivity index (χ0n) is 17.3. The number of fused-ring (bicyclic) bond motifs is 1. The molecule has 1 unspecified atom stereocenters. The van der Waals surface area contributed by atoms with Crippen molar-refractivity contribution in [1.29, 1.82) is 0 Å². The van der Waals surface area contributed by atoms with Crippen molar-refractivity contribution in [3.63, 3.8) is 0 Å². The monoisotopic (exact) mass is 429 g/mol. The van der Waals surface area contributed by atoms with Gasteiger partial charge < -0.3 is 9.64 Å². The van der Waals surface area contributed by atoms with Gasteiger partial charge in [-0.2, -0.15) is 4.31 Å². The van der Waals surface area contributed by atoms with E-state index >= 15 is 0 Å². The van der Waals surface area contributed by atoms with Gasteiger partial charge in [0, 0.05) is 25.6 Å². The van der Waals surface area contributed by atoms with Crippen molar-refractivity contribution in [2.45, 2.75) is 43.7 Å². The normalized spacial score (nSPS) is 23.2. The highest BCUT2D eigenvalue weighted by Gasteiger charge is 2.48. The number of nitrogens with zero attached hydrogens (tertiary/aromatic N) is 3. The van der Waals surface area contributed by atoms with E-state index in [1.54, 1.807) is 41.4 Å². The van der Waals surface area contributed by atoms with E-state index in [0.29, 0.717) is 37.4 Å². The second kappa shape index (κ2) is 8.00. The van der Waals surface area contributed by atoms with Crippen molar-refractivity contribution in [1.82, 2.24) is 14.2 Å². The zero-order valence-corrected chi connectivity index (χ0v) is 18.1. The van der Waals surface area contributed by atoms with Gasteiger partial charge in [0.25, 0.3) is 0 Å². The fraction of sp³-hybridized carbons (Fsp3) is 0.455. The summed E-state index contributed by atoms with van der Waals surface area (Å²) in [6.07, 6.45) is 2.71. The van der Waals surface area contributed by atoms with Gasteiger partial charge in [-0.3, -0.25) is 9.78 Å². The number of rotatable bonds is 4. The summed E-state index contributed by atoms with van der Waals surface area (Å²) in [6.45, 7) is 5.30. The van der Waals surface area contributed by atoms with Gasteiger partial charge in [0.15, 0.2) is 0 Å². The number of benzene rings is 1. The molecule has 2 aromatic rings. The van der Waals surface area contributed by atoms with Crippen molar-refractivity contribution in [2.24, 2.45) is 5.92 Å². The van der Waals surface area contributed by atoms with Crippen LogP contribution in [0.5, 0.6) is 5.75 Å². The van der Waals surface area contributed by atoms with Crippen molar-refractivity contribution >= 4 is 15.9 Å². The van der Waals surface area contributed by atoms with Crippen LogP contribution < -0.4 is 4.74 Å². The minimum atomic E-state index is -3.77. The number of hydrogen-bond donors (Lipinski definition) is 0. The summed E-state index contributed by atoms with van der Waals surface area (Å²) in [5.41, 5.74) is -0.109. The third kappa shape index (κ3) is 4.06. The lowest BCUT2D eigenvalue weighted by molar-refractivity contribution is -0.131. The Bertz CT molecular complexity index is 1030. The average Bonchev–Trinajstić information content (AvgIpc) is 3.08. The molecule has 1 aromatic carbocycles. The van der Waals surface area contributed by atoms with Crippen LogP contribution in [0.1, 0.15) is 32.4 Å². The Labute approximate surface area is 177 Å². The van der Waals surface area contributed by atoms with E-state index in [1.165, 1.54) is 4.31 Å². The number of amides is 1. The molecule has 30 heavy (non-hydrogen) atoms. The van der Waals surface area contributed by atoms with Gasteiger partial charge in [0.05, 0.1) is 25.3 Å². The highest BCUT2D eigenvalue weighted by molar-refractivity contribution is 7.89. The predicted molar refractivity (Wildman–Crippen MR) is 112 cm³/mol. The summed E-state index contributed by atoms with van der Waals surface area (Å²) in [6, 6.07) is 12.2. The Balaban J connectivity index is 1.69. The number of carbonyl (C=O) groups is 1. The number of pyridine rings is 1. The second-order valence-electron chi connectivity index (χ2n) is 8.49. The molecule has 2 aliphatic rings. The third-order valence-electron chi connectivity index (χ3n) is 5.57. The molecule has 4 rings (SSSR count). The summed E-state index contributed by atoms with van der Waals surface area (Å²) in [7, 11) is -3.77.